The smallest absolute Gasteiger partial charge is 0.308 e. The molecule has 0 radical (unpaired) electrons. The molecule has 0 unspecified atom stereocenters. The number of anilines is 2. The van der Waals surface area contributed by atoms with Gasteiger partial charge in [0, 0.05) is 11.4 Å². The molecule has 3 nitrogen and oxygen atoms in total. The molecule has 2 amide bonds. The van der Waals surface area contributed by atoms with Crippen molar-refractivity contribution in [2.24, 2.45) is 0 Å². The molecule has 0 aliphatic rings. The number of nitrogens with one attached hydrogen (secondary N) is 2. The lowest BCUT2D eigenvalue weighted by atomic mass is 10.2. The van der Waals surface area contributed by atoms with E-state index in [-0.39, 0.29) is 6.03 Å². The number of benzene rings is 2. The first-order valence-electron chi connectivity index (χ1n) is 5.64. The lowest BCUT2D eigenvalue weighted by Crippen LogP contribution is -2.19. The molecule has 2 N–H and O–H groups in total. The highest BCUT2D eigenvalue weighted by molar-refractivity contribution is 6.42. The Balaban J connectivity index is 2.03. The first kappa shape index (κ1) is 13.7. The molecule has 2 rings (SSSR count). The summed E-state index contributed by atoms with van der Waals surface area (Å²) in [5.74, 6) is 0. The molecule has 0 fully saturated rings. The molecule has 5 heteroatoms. The van der Waals surface area contributed by atoms with Crippen molar-refractivity contribution >= 4 is 40.6 Å². The van der Waals surface area contributed by atoms with Gasteiger partial charge in [-0.05, 0) is 42.8 Å². The molecule has 0 atom stereocenters. The maximum absolute atomic E-state index is 11.8. The maximum atomic E-state index is 11.8. The van der Waals surface area contributed by atoms with Crippen LogP contribution < -0.4 is 10.6 Å². The molecule has 0 saturated carbocycles. The van der Waals surface area contributed by atoms with E-state index in [0.717, 1.165) is 11.3 Å². The predicted octanol–water partition coefficient (Wildman–Crippen LogP) is 4.95. The number of hydrogen-bond acceptors (Lipinski definition) is 1. The molecule has 2 aromatic rings. The van der Waals surface area contributed by atoms with Crippen molar-refractivity contribution in [1.82, 2.24) is 0 Å². The van der Waals surface area contributed by atoms with Crippen molar-refractivity contribution < 1.29 is 4.79 Å². The zero-order chi connectivity index (χ0) is 13.8. The summed E-state index contributed by atoms with van der Waals surface area (Å²) >= 11 is 11.7. The van der Waals surface area contributed by atoms with Crippen molar-refractivity contribution in [3.63, 3.8) is 0 Å². The van der Waals surface area contributed by atoms with Crippen LogP contribution in [0.3, 0.4) is 0 Å². The minimum absolute atomic E-state index is 0.330. The summed E-state index contributed by atoms with van der Waals surface area (Å²) in [7, 11) is 0. The quantitative estimate of drug-likeness (QED) is 0.809. The molecule has 0 spiro atoms. The highest BCUT2D eigenvalue weighted by Gasteiger charge is 2.04. The molecule has 0 aromatic heterocycles. The van der Waals surface area contributed by atoms with Crippen LogP contribution in [0.4, 0.5) is 16.2 Å². The Hall–Kier alpha value is -1.71. The Morgan fingerprint density at radius 2 is 1.63 bits per heavy atom. The Morgan fingerprint density at radius 3 is 2.26 bits per heavy atom. The monoisotopic (exact) mass is 294 g/mol. The first-order valence-corrected chi connectivity index (χ1v) is 6.40. The Morgan fingerprint density at radius 1 is 0.947 bits per heavy atom. The largest absolute Gasteiger partial charge is 0.323 e. The van der Waals surface area contributed by atoms with Crippen molar-refractivity contribution in [3.05, 3.63) is 58.1 Å². The molecular weight excluding hydrogens is 283 g/mol. The summed E-state index contributed by atoms with van der Waals surface area (Å²) in [5, 5.41) is 6.27. The Labute approximate surface area is 121 Å². The molecule has 98 valence electrons. The van der Waals surface area contributed by atoms with E-state index in [1.54, 1.807) is 18.2 Å². The van der Waals surface area contributed by atoms with Gasteiger partial charge < -0.3 is 10.6 Å². The fourth-order valence-corrected chi connectivity index (χ4v) is 1.89. The highest BCUT2D eigenvalue weighted by atomic mass is 35.5. The van der Waals surface area contributed by atoms with E-state index in [4.69, 9.17) is 23.2 Å². The zero-order valence-corrected chi connectivity index (χ0v) is 11.7. The second-order valence-corrected chi connectivity index (χ2v) is 4.89. The summed E-state index contributed by atoms with van der Waals surface area (Å²) in [6.07, 6.45) is 0. The van der Waals surface area contributed by atoms with Gasteiger partial charge in [0.1, 0.15) is 0 Å². The molecule has 2 aromatic carbocycles. The number of halogens is 2. The van der Waals surface area contributed by atoms with Crippen LogP contribution in [-0.4, -0.2) is 6.03 Å². The van der Waals surface area contributed by atoms with Crippen LogP contribution in [0, 0.1) is 6.92 Å². The summed E-state index contributed by atoms with van der Waals surface area (Å²) < 4.78 is 0. The summed E-state index contributed by atoms with van der Waals surface area (Å²) in [6, 6.07) is 12.1. The van der Waals surface area contributed by atoms with E-state index in [1.165, 1.54) is 0 Å². The van der Waals surface area contributed by atoms with Gasteiger partial charge in [0.2, 0.25) is 0 Å². The normalized spacial score (nSPS) is 10.1. The summed E-state index contributed by atoms with van der Waals surface area (Å²) in [4.78, 5) is 11.8. The topological polar surface area (TPSA) is 41.1 Å². The number of rotatable bonds is 2. The molecule has 0 saturated heterocycles. The van der Waals surface area contributed by atoms with E-state index < -0.39 is 0 Å². The number of aryl methyl sites for hydroxylation is 1. The lowest BCUT2D eigenvalue weighted by Gasteiger charge is -2.08. The number of urea groups is 1. The fraction of sp³-hybridized carbons (Fsp3) is 0.0714. The van der Waals surface area contributed by atoms with Crippen LogP contribution in [0.15, 0.2) is 42.5 Å². The SMILES string of the molecule is Cc1cccc(NC(=O)Nc2ccc(Cl)c(Cl)c2)c1. The maximum Gasteiger partial charge on any atom is 0.323 e. The van der Waals surface area contributed by atoms with Crippen LogP contribution in [-0.2, 0) is 0 Å². The first-order chi connectivity index (χ1) is 9.04. The third-order valence-corrected chi connectivity index (χ3v) is 3.19. The second kappa shape index (κ2) is 5.95. The highest BCUT2D eigenvalue weighted by Crippen LogP contribution is 2.25. The average molecular weight is 295 g/mol. The van der Waals surface area contributed by atoms with Gasteiger partial charge in [-0.2, -0.15) is 0 Å². The van der Waals surface area contributed by atoms with Crippen molar-refractivity contribution in [1.29, 1.82) is 0 Å². The lowest BCUT2D eigenvalue weighted by molar-refractivity contribution is 0.262. The Bertz CT molecular complexity index is 614. The fourth-order valence-electron chi connectivity index (χ4n) is 1.59. The third kappa shape index (κ3) is 3.88. The molecule has 0 aliphatic heterocycles. The molecule has 0 bridgehead atoms. The van der Waals surface area contributed by atoms with E-state index >= 15 is 0 Å². The van der Waals surface area contributed by atoms with Crippen LogP contribution in [0.2, 0.25) is 10.0 Å². The minimum atomic E-state index is -0.330. The van der Waals surface area contributed by atoms with Crippen molar-refractivity contribution in [3.8, 4) is 0 Å². The van der Waals surface area contributed by atoms with Gasteiger partial charge >= 0.3 is 6.03 Å². The van der Waals surface area contributed by atoms with E-state index in [0.29, 0.717) is 15.7 Å². The number of carbonyl (C=O) groups excluding carboxylic acids is 1. The van der Waals surface area contributed by atoms with Crippen LogP contribution in [0.25, 0.3) is 0 Å². The zero-order valence-electron chi connectivity index (χ0n) is 10.2. The molecule has 0 aliphatic carbocycles. The summed E-state index contributed by atoms with van der Waals surface area (Å²) in [5.41, 5.74) is 2.39. The van der Waals surface area contributed by atoms with Gasteiger partial charge in [0.05, 0.1) is 10.0 Å². The van der Waals surface area contributed by atoms with Gasteiger partial charge in [-0.1, -0.05) is 35.3 Å². The summed E-state index contributed by atoms with van der Waals surface area (Å²) in [6.45, 7) is 1.96. The van der Waals surface area contributed by atoms with Crippen molar-refractivity contribution in [2.45, 2.75) is 6.92 Å². The third-order valence-electron chi connectivity index (χ3n) is 2.45. The van der Waals surface area contributed by atoms with Gasteiger partial charge in [-0.25, -0.2) is 4.79 Å². The standard InChI is InChI=1S/C14H12Cl2N2O/c1-9-3-2-4-10(7-9)17-14(19)18-11-5-6-12(15)13(16)8-11/h2-8H,1H3,(H2,17,18,19). The molecular formula is C14H12Cl2N2O. The number of carbonyl (C=O) groups is 1. The van der Waals surface area contributed by atoms with Crippen molar-refractivity contribution in [2.75, 3.05) is 10.6 Å². The van der Waals surface area contributed by atoms with E-state index in [9.17, 15) is 4.79 Å². The van der Waals surface area contributed by atoms with Gasteiger partial charge in [0.25, 0.3) is 0 Å². The van der Waals surface area contributed by atoms with E-state index in [1.807, 2.05) is 31.2 Å². The van der Waals surface area contributed by atoms with Gasteiger partial charge in [0.15, 0.2) is 0 Å². The van der Waals surface area contributed by atoms with Gasteiger partial charge in [-0.3, -0.25) is 0 Å². The van der Waals surface area contributed by atoms with E-state index in [2.05, 4.69) is 10.6 Å². The average Bonchev–Trinajstić information content (AvgIpc) is 2.34. The minimum Gasteiger partial charge on any atom is -0.308 e. The number of amides is 2. The van der Waals surface area contributed by atoms with Crippen LogP contribution in [0.1, 0.15) is 5.56 Å². The van der Waals surface area contributed by atoms with Crippen LogP contribution >= 0.6 is 23.2 Å². The number of hydrogen-bond donors (Lipinski definition) is 2. The molecule has 0 heterocycles. The second-order valence-electron chi connectivity index (χ2n) is 4.08. The molecule has 19 heavy (non-hydrogen) atoms. The predicted molar refractivity (Wildman–Crippen MR) is 80.3 cm³/mol. The van der Waals surface area contributed by atoms with Gasteiger partial charge in [-0.15, -0.1) is 0 Å². The van der Waals surface area contributed by atoms with Crippen LogP contribution in [0.5, 0.6) is 0 Å². The Kier molecular flexibility index (Phi) is 4.30.